The van der Waals surface area contributed by atoms with Crippen LogP contribution in [0.1, 0.15) is 48.3 Å². The number of benzene rings is 4. The maximum absolute atomic E-state index is 14.7. The van der Waals surface area contributed by atoms with Crippen molar-refractivity contribution in [3.8, 4) is 16.9 Å². The van der Waals surface area contributed by atoms with Gasteiger partial charge < -0.3 is 4.43 Å². The molecule has 0 radical (unpaired) electrons. The first-order valence-electron chi connectivity index (χ1n) is 13.7. The maximum Gasteiger partial charge on any atom is 0.416 e. The largest absolute Gasteiger partial charge is 0.543 e. The van der Waals surface area contributed by atoms with Crippen LogP contribution >= 0.6 is 11.8 Å². The van der Waals surface area contributed by atoms with Gasteiger partial charge in [-0.05, 0) is 96.2 Å². The Bertz CT molecular complexity index is 1500. The van der Waals surface area contributed by atoms with E-state index in [-0.39, 0.29) is 22.3 Å². The first kappa shape index (κ1) is 31.8. The Kier molecular flexibility index (Phi) is 9.28. The molecular weight excluding hydrogens is 580 g/mol. The summed E-state index contributed by atoms with van der Waals surface area (Å²) in [6.45, 7) is 13.0. The van der Waals surface area contributed by atoms with Gasteiger partial charge in [0, 0.05) is 15.7 Å². The van der Waals surface area contributed by atoms with Gasteiger partial charge in [0.2, 0.25) is 8.32 Å². The molecule has 0 saturated carbocycles. The summed E-state index contributed by atoms with van der Waals surface area (Å²) in [5.41, 5.74) is 2.53. The van der Waals surface area contributed by atoms with Gasteiger partial charge in [0.05, 0.1) is 5.56 Å². The number of halogens is 5. The highest BCUT2D eigenvalue weighted by molar-refractivity contribution is 7.99. The van der Waals surface area contributed by atoms with Crippen molar-refractivity contribution in [2.45, 2.75) is 68.6 Å². The van der Waals surface area contributed by atoms with Gasteiger partial charge in [0.25, 0.3) is 0 Å². The minimum atomic E-state index is -4.40. The van der Waals surface area contributed by atoms with E-state index in [2.05, 4.69) is 33.9 Å². The molecule has 0 spiro atoms. The van der Waals surface area contributed by atoms with Crippen LogP contribution in [0.2, 0.25) is 18.1 Å². The quantitative estimate of drug-likeness (QED) is 0.111. The second-order valence-electron chi connectivity index (χ2n) is 12.0. The lowest BCUT2D eigenvalue weighted by atomic mass is 9.99. The summed E-state index contributed by atoms with van der Waals surface area (Å²) in [5, 5.41) is -0.279. The summed E-state index contributed by atoms with van der Waals surface area (Å²) in [4.78, 5) is 0.934. The molecule has 0 aliphatic rings. The minimum absolute atomic E-state index is 0.0106. The number of aryl methyl sites for hydroxylation is 1. The van der Waals surface area contributed by atoms with Gasteiger partial charge in [0.1, 0.15) is 17.4 Å². The molecule has 1 atom stereocenters. The van der Waals surface area contributed by atoms with Crippen LogP contribution in [-0.4, -0.2) is 8.32 Å². The molecule has 4 aromatic carbocycles. The smallest absolute Gasteiger partial charge is 0.416 e. The van der Waals surface area contributed by atoms with Gasteiger partial charge in [-0.1, -0.05) is 63.2 Å². The number of hydrogen-bond acceptors (Lipinski definition) is 2. The number of alkyl halides is 3. The van der Waals surface area contributed by atoms with Crippen LogP contribution in [-0.2, 0) is 12.6 Å². The fraction of sp³-hybridized carbons (Fsp3) is 0.294. The van der Waals surface area contributed by atoms with E-state index in [0.717, 1.165) is 39.5 Å². The van der Waals surface area contributed by atoms with Crippen LogP contribution in [0.3, 0.4) is 0 Å². The normalized spacial score (nSPS) is 13.2. The molecule has 42 heavy (non-hydrogen) atoms. The van der Waals surface area contributed by atoms with E-state index in [9.17, 15) is 22.0 Å². The molecule has 0 aliphatic carbocycles. The average Bonchev–Trinajstić information content (AvgIpc) is 2.91. The van der Waals surface area contributed by atoms with Crippen molar-refractivity contribution in [2.24, 2.45) is 0 Å². The minimum Gasteiger partial charge on any atom is -0.543 e. The molecule has 4 rings (SSSR count). The van der Waals surface area contributed by atoms with E-state index >= 15 is 0 Å². The van der Waals surface area contributed by atoms with Crippen molar-refractivity contribution in [3.05, 3.63) is 119 Å². The SMILES string of the molecule is Cc1cc(SC(Cc2c(F)cccc2F)c2ccc(-c3ccc(C(F)(F)F)cc3)cc2)ccc1O[Si](C)(C)C(C)(C)C. The van der Waals surface area contributed by atoms with Crippen LogP contribution in [0.15, 0.2) is 89.8 Å². The zero-order chi connectivity index (χ0) is 30.9. The number of rotatable bonds is 8. The Morgan fingerprint density at radius 1 is 0.786 bits per heavy atom. The summed E-state index contributed by atoms with van der Waals surface area (Å²) in [6, 6.07) is 22.2. The van der Waals surface area contributed by atoms with Crippen LogP contribution in [0, 0.1) is 18.6 Å². The van der Waals surface area contributed by atoms with Crippen molar-refractivity contribution >= 4 is 20.1 Å². The Morgan fingerprint density at radius 2 is 1.33 bits per heavy atom. The summed E-state index contributed by atoms with van der Waals surface area (Å²) >= 11 is 1.50. The van der Waals surface area contributed by atoms with Crippen molar-refractivity contribution in [1.82, 2.24) is 0 Å². The molecular formula is C34H35F5OSSi. The zero-order valence-electron chi connectivity index (χ0n) is 24.6. The van der Waals surface area contributed by atoms with E-state index in [4.69, 9.17) is 4.43 Å². The lowest BCUT2D eigenvalue weighted by Crippen LogP contribution is -2.44. The molecule has 0 fully saturated rings. The first-order chi connectivity index (χ1) is 19.5. The number of thioether (sulfide) groups is 1. The molecule has 0 aromatic heterocycles. The third kappa shape index (κ3) is 7.45. The van der Waals surface area contributed by atoms with Crippen LogP contribution in [0.5, 0.6) is 5.75 Å². The predicted octanol–water partition coefficient (Wildman–Crippen LogP) is 11.4. The predicted molar refractivity (Wildman–Crippen MR) is 165 cm³/mol. The Hall–Kier alpha value is -3.10. The standard InChI is InChI=1S/C34H35F5OSSi/c1-22-20-27(18-19-31(22)40-42(5,6)33(2,3)4)41-32(21-28-29(35)8-7-9-30(28)36)25-12-10-23(11-13-25)24-14-16-26(17-15-24)34(37,38)39/h7-20,32H,21H2,1-6H3. The molecule has 0 bridgehead atoms. The van der Waals surface area contributed by atoms with Crippen molar-refractivity contribution < 1.29 is 26.4 Å². The van der Waals surface area contributed by atoms with Crippen molar-refractivity contribution in [3.63, 3.8) is 0 Å². The second-order valence-corrected chi connectivity index (χ2v) is 18.0. The highest BCUT2D eigenvalue weighted by Crippen LogP contribution is 2.42. The number of hydrogen-bond donors (Lipinski definition) is 0. The molecule has 0 N–H and O–H groups in total. The monoisotopic (exact) mass is 614 g/mol. The third-order valence-corrected chi connectivity index (χ3v) is 13.5. The zero-order valence-corrected chi connectivity index (χ0v) is 26.4. The molecule has 222 valence electrons. The van der Waals surface area contributed by atoms with Gasteiger partial charge in [-0.25, -0.2) is 8.78 Å². The molecule has 0 amide bonds. The van der Waals surface area contributed by atoms with Crippen LogP contribution in [0.4, 0.5) is 22.0 Å². The molecule has 0 saturated heterocycles. The van der Waals surface area contributed by atoms with Crippen molar-refractivity contribution in [1.29, 1.82) is 0 Å². The van der Waals surface area contributed by atoms with E-state index < -0.39 is 31.7 Å². The first-order valence-corrected chi connectivity index (χ1v) is 17.5. The average molecular weight is 615 g/mol. The Labute approximate surface area is 250 Å². The van der Waals surface area contributed by atoms with Gasteiger partial charge in [-0.15, -0.1) is 11.8 Å². The van der Waals surface area contributed by atoms with Crippen molar-refractivity contribution in [2.75, 3.05) is 0 Å². The van der Waals surface area contributed by atoms with E-state index in [1.807, 2.05) is 49.4 Å². The summed E-state index contributed by atoms with van der Waals surface area (Å²) < 4.78 is 74.9. The maximum atomic E-state index is 14.7. The van der Waals surface area contributed by atoms with E-state index in [0.29, 0.717) is 5.56 Å². The van der Waals surface area contributed by atoms with Gasteiger partial charge in [-0.3, -0.25) is 0 Å². The summed E-state index contributed by atoms with van der Waals surface area (Å²) in [5.74, 6) is -0.365. The molecule has 8 heteroatoms. The fourth-order valence-electron chi connectivity index (χ4n) is 4.28. The molecule has 0 aliphatic heterocycles. The van der Waals surface area contributed by atoms with Gasteiger partial charge in [-0.2, -0.15) is 13.2 Å². The summed E-state index contributed by atoms with van der Waals surface area (Å²) in [6.07, 6.45) is -4.29. The lowest BCUT2D eigenvalue weighted by Gasteiger charge is -2.37. The molecule has 4 aromatic rings. The molecule has 1 nitrogen and oxygen atoms in total. The van der Waals surface area contributed by atoms with Crippen LogP contribution in [0.25, 0.3) is 11.1 Å². The topological polar surface area (TPSA) is 9.23 Å². The second kappa shape index (κ2) is 12.2. The lowest BCUT2D eigenvalue weighted by molar-refractivity contribution is -0.137. The van der Waals surface area contributed by atoms with E-state index in [1.54, 1.807) is 0 Å². The highest BCUT2D eigenvalue weighted by Gasteiger charge is 2.39. The van der Waals surface area contributed by atoms with E-state index in [1.165, 1.54) is 42.1 Å². The fourth-order valence-corrected chi connectivity index (χ4v) is 6.63. The van der Waals surface area contributed by atoms with Gasteiger partial charge in [0.15, 0.2) is 0 Å². The molecule has 1 unspecified atom stereocenters. The van der Waals surface area contributed by atoms with Crippen LogP contribution < -0.4 is 4.43 Å². The molecule has 0 heterocycles. The third-order valence-electron chi connectivity index (χ3n) is 7.88. The highest BCUT2D eigenvalue weighted by atomic mass is 32.2. The van der Waals surface area contributed by atoms with Gasteiger partial charge >= 0.3 is 6.18 Å². The Morgan fingerprint density at radius 3 is 1.83 bits per heavy atom. The Balaban J connectivity index is 1.63. The summed E-state index contributed by atoms with van der Waals surface area (Å²) in [7, 11) is -2.03.